The number of carbonyl (C=O) groups is 2. The molecule has 1 aromatic heterocycles. The number of amides is 1. The molecule has 180 valence electrons. The second-order valence-corrected chi connectivity index (χ2v) is 8.85. The van der Waals surface area contributed by atoms with Crippen LogP contribution < -0.4 is 10.5 Å². The summed E-state index contributed by atoms with van der Waals surface area (Å²) in [5.74, 6) is -0.801. The highest BCUT2D eigenvalue weighted by molar-refractivity contribution is 5.77. The third kappa shape index (κ3) is 6.29. The Kier molecular flexibility index (Phi) is 7.51. The minimum Gasteiger partial charge on any atom is -0.482 e. The van der Waals surface area contributed by atoms with E-state index < -0.39 is 18.5 Å². The van der Waals surface area contributed by atoms with E-state index in [0.717, 1.165) is 40.8 Å². The fraction of sp³-hybridized carbons (Fsp3) is 0.241. The molecule has 1 saturated carbocycles. The van der Waals surface area contributed by atoms with Crippen LogP contribution >= 0.6 is 0 Å². The van der Waals surface area contributed by atoms with Crippen molar-refractivity contribution in [1.29, 1.82) is 0 Å². The SMILES string of the molecule is Cn1cccc(OCC(=O)O)cc(CC(N)=O)c(C2CC2)c1Cc1ccccc1-c1ccccc1. The lowest BCUT2D eigenvalue weighted by atomic mass is 9.92. The molecule has 2 aromatic carbocycles. The Balaban J connectivity index is 1.90. The minimum atomic E-state index is -1.06. The van der Waals surface area contributed by atoms with Gasteiger partial charge in [-0.15, -0.1) is 0 Å². The van der Waals surface area contributed by atoms with E-state index in [4.69, 9.17) is 15.6 Å². The molecule has 0 atom stereocenters. The van der Waals surface area contributed by atoms with Crippen molar-refractivity contribution in [3.63, 3.8) is 0 Å². The van der Waals surface area contributed by atoms with Crippen LogP contribution in [-0.2, 0) is 29.5 Å². The number of ether oxygens (including phenoxy) is 1. The quantitative estimate of drug-likeness (QED) is 0.471. The van der Waals surface area contributed by atoms with Gasteiger partial charge in [-0.05, 0) is 64.8 Å². The Morgan fingerprint density at radius 2 is 1.71 bits per heavy atom. The molecule has 35 heavy (non-hydrogen) atoms. The zero-order valence-electron chi connectivity index (χ0n) is 19.8. The van der Waals surface area contributed by atoms with Crippen molar-refractivity contribution >= 4 is 11.9 Å². The molecule has 3 aromatic rings. The van der Waals surface area contributed by atoms with Crippen molar-refractivity contribution in [2.75, 3.05) is 6.61 Å². The van der Waals surface area contributed by atoms with Crippen LogP contribution in [0.2, 0.25) is 0 Å². The maximum absolute atomic E-state index is 12.1. The van der Waals surface area contributed by atoms with E-state index in [-0.39, 0.29) is 6.42 Å². The van der Waals surface area contributed by atoms with Gasteiger partial charge in [0.05, 0.1) is 6.42 Å². The Bertz CT molecular complexity index is 1280. The Morgan fingerprint density at radius 1 is 1.00 bits per heavy atom. The van der Waals surface area contributed by atoms with Gasteiger partial charge in [0.2, 0.25) is 5.91 Å². The number of carboxylic acid groups (broad SMARTS) is 1. The number of primary amides is 1. The van der Waals surface area contributed by atoms with E-state index >= 15 is 0 Å². The Hall–Kier alpha value is -4.06. The maximum atomic E-state index is 12.1. The first kappa shape index (κ1) is 24.1. The molecule has 0 unspecified atom stereocenters. The van der Waals surface area contributed by atoms with Crippen LogP contribution in [0.1, 0.15) is 41.1 Å². The van der Waals surface area contributed by atoms with Crippen molar-refractivity contribution in [3.05, 3.63) is 101 Å². The molecule has 6 nitrogen and oxygen atoms in total. The summed E-state index contributed by atoms with van der Waals surface area (Å²) in [6.45, 7) is -0.463. The summed E-state index contributed by atoms with van der Waals surface area (Å²) in [6, 6.07) is 24.0. The lowest BCUT2D eigenvalue weighted by Gasteiger charge is -2.17. The predicted octanol–water partition coefficient (Wildman–Crippen LogP) is 4.78. The highest BCUT2D eigenvalue weighted by atomic mass is 16.5. The molecule has 1 fully saturated rings. The number of carbonyl (C=O) groups excluding carboxylic acids is 1. The number of aromatic nitrogens is 1. The van der Waals surface area contributed by atoms with Gasteiger partial charge < -0.3 is 20.1 Å². The number of benzene rings is 2. The van der Waals surface area contributed by atoms with Crippen LogP contribution in [0.4, 0.5) is 0 Å². The fourth-order valence-electron chi connectivity index (χ4n) is 4.44. The van der Waals surface area contributed by atoms with Gasteiger partial charge in [-0.25, -0.2) is 4.79 Å². The standard InChI is InChI=1S/C29H30N2O4/c1-31-15-7-11-24(35-19-28(33)34)16-23(18-27(30)32)29(21-13-14-21)26(31)17-22-10-5-6-12-25(22)20-8-3-2-4-9-20/h2-12,15-16,21H,13-14,17-19H2,1H3,(H2,30,32)(H,33,34). The lowest BCUT2D eigenvalue weighted by Crippen LogP contribution is -2.16. The van der Waals surface area contributed by atoms with E-state index in [1.807, 2.05) is 49.6 Å². The molecule has 3 N–H and O–H groups in total. The number of hydrogen-bond acceptors (Lipinski definition) is 3. The van der Waals surface area contributed by atoms with Gasteiger partial charge in [-0.3, -0.25) is 4.79 Å². The van der Waals surface area contributed by atoms with Crippen LogP contribution in [0.15, 0.2) is 79.0 Å². The van der Waals surface area contributed by atoms with Gasteiger partial charge >= 0.3 is 5.97 Å². The summed E-state index contributed by atoms with van der Waals surface area (Å²) < 4.78 is 7.59. The van der Waals surface area contributed by atoms with Gasteiger partial charge in [0, 0.05) is 25.4 Å². The van der Waals surface area contributed by atoms with E-state index in [1.165, 1.54) is 5.56 Å². The number of nitrogens with zero attached hydrogens (tertiary/aromatic N) is 1. The smallest absolute Gasteiger partial charge is 0.341 e. The summed E-state index contributed by atoms with van der Waals surface area (Å²) in [7, 11) is 2.00. The molecule has 1 amide bonds. The van der Waals surface area contributed by atoms with Gasteiger partial charge in [0.1, 0.15) is 5.75 Å². The number of carboxylic acids is 1. The molecular formula is C29H30N2O4. The second kappa shape index (κ2) is 10.9. The summed E-state index contributed by atoms with van der Waals surface area (Å²) in [5.41, 5.74) is 12.1. The monoisotopic (exact) mass is 470 g/mol. The number of aryl methyl sites for hydroxylation is 1. The first-order chi connectivity index (χ1) is 16.9. The molecule has 1 aliphatic carbocycles. The topological polar surface area (TPSA) is 94.6 Å². The fourth-order valence-corrected chi connectivity index (χ4v) is 4.44. The van der Waals surface area contributed by atoms with E-state index in [0.29, 0.717) is 18.1 Å². The first-order valence-corrected chi connectivity index (χ1v) is 11.7. The average Bonchev–Trinajstić information content (AvgIpc) is 3.66. The van der Waals surface area contributed by atoms with Gasteiger partial charge in [-0.2, -0.15) is 0 Å². The van der Waals surface area contributed by atoms with Crippen LogP contribution in [0.5, 0.6) is 5.75 Å². The number of aliphatic carboxylic acids is 1. The first-order valence-electron chi connectivity index (χ1n) is 11.7. The number of hydrogen-bond donors (Lipinski definition) is 2. The Labute approximate surface area is 205 Å². The van der Waals surface area contributed by atoms with Crippen molar-refractivity contribution in [2.45, 2.75) is 31.6 Å². The molecule has 0 saturated heterocycles. The van der Waals surface area contributed by atoms with Crippen molar-refractivity contribution in [3.8, 4) is 16.9 Å². The highest BCUT2D eigenvalue weighted by Crippen LogP contribution is 2.44. The van der Waals surface area contributed by atoms with Crippen LogP contribution in [0, 0.1) is 0 Å². The zero-order valence-corrected chi connectivity index (χ0v) is 19.8. The Morgan fingerprint density at radius 3 is 2.40 bits per heavy atom. The molecular weight excluding hydrogens is 440 g/mol. The van der Waals surface area contributed by atoms with Crippen LogP contribution in [0.25, 0.3) is 11.1 Å². The summed E-state index contributed by atoms with van der Waals surface area (Å²) in [6.07, 6.45) is 4.72. The molecule has 0 radical (unpaired) electrons. The van der Waals surface area contributed by atoms with Gasteiger partial charge in [0.25, 0.3) is 0 Å². The maximum Gasteiger partial charge on any atom is 0.341 e. The molecule has 1 heterocycles. The lowest BCUT2D eigenvalue weighted by molar-refractivity contribution is -0.139. The zero-order chi connectivity index (χ0) is 24.8. The molecule has 4 rings (SSSR count). The molecule has 0 spiro atoms. The van der Waals surface area contributed by atoms with E-state index in [2.05, 4.69) is 28.8 Å². The minimum absolute atomic E-state index is 0.0529. The van der Waals surface area contributed by atoms with Crippen LogP contribution in [-0.4, -0.2) is 28.2 Å². The predicted molar refractivity (Wildman–Crippen MR) is 136 cm³/mol. The van der Waals surface area contributed by atoms with Crippen LogP contribution in [0.3, 0.4) is 0 Å². The van der Waals surface area contributed by atoms with Crippen molar-refractivity contribution in [2.24, 2.45) is 12.8 Å². The highest BCUT2D eigenvalue weighted by Gasteiger charge is 2.29. The van der Waals surface area contributed by atoms with E-state index in [9.17, 15) is 9.59 Å². The normalized spacial score (nSPS) is 12.6. The van der Waals surface area contributed by atoms with E-state index in [1.54, 1.807) is 12.1 Å². The molecule has 6 heteroatoms. The third-order valence-corrected chi connectivity index (χ3v) is 6.14. The van der Waals surface area contributed by atoms with Gasteiger partial charge in [-0.1, -0.05) is 54.6 Å². The molecule has 0 bridgehead atoms. The van der Waals surface area contributed by atoms with Crippen molar-refractivity contribution < 1.29 is 19.4 Å². The summed E-state index contributed by atoms with van der Waals surface area (Å²) in [5, 5.41) is 9.07. The second-order valence-electron chi connectivity index (χ2n) is 8.85. The van der Waals surface area contributed by atoms with Gasteiger partial charge in [0.15, 0.2) is 6.61 Å². The number of rotatable bonds is 9. The third-order valence-electron chi connectivity index (χ3n) is 6.14. The van der Waals surface area contributed by atoms with Crippen molar-refractivity contribution in [1.82, 2.24) is 4.57 Å². The largest absolute Gasteiger partial charge is 0.482 e. The molecule has 1 aliphatic rings. The summed E-state index contributed by atoms with van der Waals surface area (Å²) in [4.78, 5) is 23.2. The molecule has 0 aliphatic heterocycles. The average molecular weight is 471 g/mol. The summed E-state index contributed by atoms with van der Waals surface area (Å²) >= 11 is 0. The number of nitrogens with two attached hydrogens (primary N) is 1.